The van der Waals surface area contributed by atoms with Gasteiger partial charge in [-0.15, -0.1) is 10.2 Å². The molecule has 1 aliphatic rings. The number of aryl methyl sites for hydroxylation is 1. The van der Waals surface area contributed by atoms with Crippen LogP contribution < -0.4 is 15.0 Å². The first kappa shape index (κ1) is 20.6. The summed E-state index contributed by atoms with van der Waals surface area (Å²) in [6.07, 6.45) is 1.93. The molecule has 11 heteroatoms. The molecule has 1 aromatic carbocycles. The Kier molecular flexibility index (Phi) is 5.21. The van der Waals surface area contributed by atoms with Crippen LogP contribution in [0.3, 0.4) is 0 Å². The lowest BCUT2D eigenvalue weighted by Crippen LogP contribution is -2.33. The zero-order chi connectivity index (χ0) is 22.9. The van der Waals surface area contributed by atoms with Crippen LogP contribution in [-0.4, -0.2) is 50.2 Å². The van der Waals surface area contributed by atoms with Gasteiger partial charge in [-0.05, 0) is 31.2 Å². The number of hydrogen-bond donors (Lipinski definition) is 1. The lowest BCUT2D eigenvalue weighted by molar-refractivity contribution is -0.126. The summed E-state index contributed by atoms with van der Waals surface area (Å²) < 4.78 is 12.4. The molecule has 5 rings (SSSR count). The van der Waals surface area contributed by atoms with E-state index in [1.54, 1.807) is 35.6 Å². The summed E-state index contributed by atoms with van der Waals surface area (Å²) in [6, 6.07) is 10.9. The van der Waals surface area contributed by atoms with E-state index in [0.717, 1.165) is 0 Å². The Morgan fingerprint density at radius 3 is 2.88 bits per heavy atom. The molecule has 2 amide bonds. The third-order valence-electron chi connectivity index (χ3n) is 5.56. The minimum absolute atomic E-state index is 0.118. The van der Waals surface area contributed by atoms with Gasteiger partial charge in [-0.1, -0.05) is 17.3 Å². The van der Waals surface area contributed by atoms with E-state index < -0.39 is 5.92 Å². The molecule has 4 heterocycles. The van der Waals surface area contributed by atoms with Gasteiger partial charge in [0.05, 0.1) is 30.8 Å². The van der Waals surface area contributed by atoms with Crippen LogP contribution in [-0.2, 0) is 16.1 Å². The fraction of sp³-hybridized carbons (Fsp3) is 0.273. The molecule has 0 saturated carbocycles. The van der Waals surface area contributed by atoms with Gasteiger partial charge in [0.2, 0.25) is 11.8 Å². The molecule has 11 nitrogen and oxygen atoms in total. The van der Waals surface area contributed by atoms with Crippen molar-refractivity contribution in [1.82, 2.24) is 30.1 Å². The van der Waals surface area contributed by atoms with Crippen LogP contribution in [0.25, 0.3) is 17.1 Å². The van der Waals surface area contributed by atoms with Crippen LogP contribution >= 0.6 is 0 Å². The average molecular weight is 447 g/mol. The number of pyridine rings is 1. The third-order valence-corrected chi connectivity index (χ3v) is 5.56. The van der Waals surface area contributed by atoms with Crippen LogP contribution in [0.4, 0.5) is 5.69 Å². The first-order valence-corrected chi connectivity index (χ1v) is 10.4. The van der Waals surface area contributed by atoms with Crippen molar-refractivity contribution in [2.45, 2.75) is 19.9 Å². The quantitative estimate of drug-likeness (QED) is 0.474. The molecular formula is C22H21N7O4. The van der Waals surface area contributed by atoms with E-state index in [0.29, 0.717) is 40.2 Å². The van der Waals surface area contributed by atoms with Crippen molar-refractivity contribution < 1.29 is 18.8 Å². The van der Waals surface area contributed by atoms with Gasteiger partial charge < -0.3 is 19.5 Å². The highest BCUT2D eigenvalue weighted by Gasteiger charge is 2.36. The smallest absolute Gasteiger partial charge is 0.261 e. The van der Waals surface area contributed by atoms with Gasteiger partial charge in [-0.3, -0.25) is 14.0 Å². The Balaban J connectivity index is 1.29. The second-order valence-electron chi connectivity index (χ2n) is 7.67. The minimum atomic E-state index is -0.474. The summed E-state index contributed by atoms with van der Waals surface area (Å²) in [4.78, 5) is 31.3. The lowest BCUT2D eigenvalue weighted by Gasteiger charge is -2.19. The molecule has 1 aliphatic heterocycles. The maximum Gasteiger partial charge on any atom is 0.261 e. The fourth-order valence-electron chi connectivity index (χ4n) is 3.94. The van der Waals surface area contributed by atoms with E-state index in [4.69, 9.17) is 9.26 Å². The van der Waals surface area contributed by atoms with Gasteiger partial charge in [0.1, 0.15) is 5.75 Å². The zero-order valence-corrected chi connectivity index (χ0v) is 18.1. The molecule has 168 valence electrons. The van der Waals surface area contributed by atoms with Crippen molar-refractivity contribution in [1.29, 1.82) is 0 Å². The number of anilines is 1. The summed E-state index contributed by atoms with van der Waals surface area (Å²) in [5.74, 6) is 1.19. The number of methoxy groups -OCH3 is 1. The summed E-state index contributed by atoms with van der Waals surface area (Å²) >= 11 is 0. The number of nitrogens with zero attached hydrogens (tertiary/aromatic N) is 6. The second kappa shape index (κ2) is 8.34. The van der Waals surface area contributed by atoms with E-state index >= 15 is 0 Å². The van der Waals surface area contributed by atoms with Gasteiger partial charge in [0.25, 0.3) is 5.89 Å². The van der Waals surface area contributed by atoms with E-state index in [1.165, 1.54) is 0 Å². The fourth-order valence-corrected chi connectivity index (χ4v) is 3.94. The summed E-state index contributed by atoms with van der Waals surface area (Å²) in [5.41, 5.74) is 1.85. The average Bonchev–Trinajstić information content (AvgIpc) is 3.55. The predicted molar refractivity (Wildman–Crippen MR) is 116 cm³/mol. The maximum atomic E-state index is 12.8. The molecule has 0 radical (unpaired) electrons. The Hall–Kier alpha value is -4.28. The summed E-state index contributed by atoms with van der Waals surface area (Å²) in [6.45, 7) is 2.18. The van der Waals surface area contributed by atoms with Crippen LogP contribution in [0.15, 0.2) is 47.1 Å². The highest BCUT2D eigenvalue weighted by Crippen LogP contribution is 2.32. The monoisotopic (exact) mass is 447 g/mol. The number of ether oxygens (including phenoxy) is 1. The van der Waals surface area contributed by atoms with Gasteiger partial charge in [-0.2, -0.15) is 4.98 Å². The number of nitrogens with one attached hydrogen (secondary N) is 1. The topological polar surface area (TPSA) is 128 Å². The Bertz CT molecular complexity index is 1350. The molecule has 1 N–H and O–H groups in total. The molecule has 0 aliphatic carbocycles. The number of hydrogen-bond acceptors (Lipinski definition) is 8. The van der Waals surface area contributed by atoms with E-state index in [9.17, 15) is 9.59 Å². The van der Waals surface area contributed by atoms with Gasteiger partial charge in [-0.25, -0.2) is 0 Å². The number of carbonyl (C=O) groups excluding carboxylic acids is 2. The van der Waals surface area contributed by atoms with Crippen molar-refractivity contribution >= 4 is 23.1 Å². The molecule has 1 fully saturated rings. The molecule has 1 unspecified atom stereocenters. The SMILES string of the molecule is COc1ccccc1N1CC(C(=O)NCc2nnc3c(-c4nc(C)no4)cccn23)CC1=O. The highest BCUT2D eigenvalue weighted by atomic mass is 16.5. The van der Waals surface area contributed by atoms with Crippen LogP contribution in [0.2, 0.25) is 0 Å². The first-order chi connectivity index (χ1) is 16.0. The summed E-state index contributed by atoms with van der Waals surface area (Å²) in [7, 11) is 1.55. The molecule has 3 aromatic heterocycles. The third kappa shape index (κ3) is 3.77. The normalized spacial score (nSPS) is 15.9. The standard InChI is InChI=1S/C22H21N7O4/c1-13-24-22(33-27-13)15-6-5-9-28-18(25-26-20(15)28)11-23-21(31)14-10-19(30)29(12-14)16-7-3-4-8-17(16)32-2/h3-9,14H,10-12H2,1-2H3,(H,23,31). The van der Waals surface area contributed by atoms with Crippen LogP contribution in [0, 0.1) is 12.8 Å². The van der Waals surface area contributed by atoms with Gasteiger partial charge in [0.15, 0.2) is 17.3 Å². The summed E-state index contributed by atoms with van der Waals surface area (Å²) in [5, 5.41) is 15.1. The number of carbonyl (C=O) groups is 2. The van der Waals surface area contributed by atoms with E-state index in [-0.39, 0.29) is 31.3 Å². The van der Waals surface area contributed by atoms with E-state index in [2.05, 4.69) is 25.7 Å². The number of rotatable bonds is 6. The van der Waals surface area contributed by atoms with Crippen molar-refractivity contribution in [3.63, 3.8) is 0 Å². The van der Waals surface area contributed by atoms with Crippen molar-refractivity contribution in [2.24, 2.45) is 5.92 Å². The number of amides is 2. The molecule has 0 spiro atoms. The first-order valence-electron chi connectivity index (χ1n) is 10.4. The molecule has 33 heavy (non-hydrogen) atoms. The van der Waals surface area contributed by atoms with E-state index in [1.807, 2.05) is 30.3 Å². The largest absolute Gasteiger partial charge is 0.495 e. The Labute approximate surface area is 188 Å². The molecule has 1 saturated heterocycles. The molecular weight excluding hydrogens is 426 g/mol. The Morgan fingerprint density at radius 1 is 1.24 bits per heavy atom. The predicted octanol–water partition coefficient (Wildman–Crippen LogP) is 1.77. The molecule has 4 aromatic rings. The van der Waals surface area contributed by atoms with Crippen molar-refractivity contribution in [3.05, 3.63) is 54.2 Å². The second-order valence-corrected chi connectivity index (χ2v) is 7.67. The van der Waals surface area contributed by atoms with Crippen LogP contribution in [0.5, 0.6) is 5.75 Å². The number of para-hydroxylation sites is 2. The van der Waals surface area contributed by atoms with Crippen LogP contribution in [0.1, 0.15) is 18.1 Å². The van der Waals surface area contributed by atoms with Gasteiger partial charge in [0, 0.05) is 19.2 Å². The van der Waals surface area contributed by atoms with Crippen molar-refractivity contribution in [3.8, 4) is 17.2 Å². The number of benzene rings is 1. The Morgan fingerprint density at radius 2 is 2.09 bits per heavy atom. The van der Waals surface area contributed by atoms with Crippen molar-refractivity contribution in [2.75, 3.05) is 18.6 Å². The minimum Gasteiger partial charge on any atom is -0.495 e. The number of aromatic nitrogens is 5. The zero-order valence-electron chi connectivity index (χ0n) is 18.1. The lowest BCUT2D eigenvalue weighted by atomic mass is 10.1. The number of fused-ring (bicyclic) bond motifs is 1. The van der Waals surface area contributed by atoms with Gasteiger partial charge >= 0.3 is 0 Å². The molecule has 1 atom stereocenters. The highest BCUT2D eigenvalue weighted by molar-refractivity contribution is 6.01. The molecule has 0 bridgehead atoms. The maximum absolute atomic E-state index is 12.8.